The maximum atomic E-state index is 12.4. The van der Waals surface area contributed by atoms with Crippen molar-refractivity contribution in [3.63, 3.8) is 0 Å². The minimum absolute atomic E-state index is 0.324. The predicted molar refractivity (Wildman–Crippen MR) is 94.7 cm³/mol. The molecule has 0 amide bonds. The smallest absolute Gasteiger partial charge is 0.497 e. The average Bonchev–Trinajstić information content (AvgIpc) is 2.59. The molecule has 4 nitrogen and oxygen atoms in total. The first-order valence-corrected chi connectivity index (χ1v) is 8.49. The van der Waals surface area contributed by atoms with Crippen LogP contribution in [0.25, 0.3) is 0 Å². The molecule has 0 spiro atoms. The maximum Gasteiger partial charge on any atom is 0.573 e. The van der Waals surface area contributed by atoms with Gasteiger partial charge in [0, 0.05) is 18.5 Å². The van der Waals surface area contributed by atoms with Crippen molar-refractivity contribution in [2.75, 3.05) is 27.2 Å². The minimum atomic E-state index is -4.76. The lowest BCUT2D eigenvalue weighted by atomic mass is 9.62. The van der Waals surface area contributed by atoms with Crippen LogP contribution in [0.4, 0.5) is 13.2 Å². The Hall–Kier alpha value is -2.25. The highest BCUT2D eigenvalue weighted by atomic mass is 19.4. The van der Waals surface area contributed by atoms with Gasteiger partial charge < -0.3 is 19.5 Å². The van der Waals surface area contributed by atoms with Gasteiger partial charge in [0.05, 0.1) is 7.11 Å². The average molecular weight is 381 g/mol. The van der Waals surface area contributed by atoms with Gasteiger partial charge in [-0.05, 0) is 42.4 Å². The maximum absolute atomic E-state index is 12.4. The van der Waals surface area contributed by atoms with E-state index < -0.39 is 17.4 Å². The van der Waals surface area contributed by atoms with Crippen molar-refractivity contribution in [1.29, 1.82) is 0 Å². The van der Waals surface area contributed by atoms with Crippen LogP contribution in [0.1, 0.15) is 18.1 Å². The Morgan fingerprint density at radius 3 is 2.15 bits per heavy atom. The Morgan fingerprint density at radius 2 is 1.63 bits per heavy atom. The fraction of sp³-hybridized carbons (Fsp3) is 0.400. The van der Waals surface area contributed by atoms with Crippen LogP contribution in [0, 0.1) is 5.41 Å². The molecular weight excluding hydrogens is 359 g/mol. The van der Waals surface area contributed by atoms with Gasteiger partial charge in [-0.3, -0.25) is 0 Å². The summed E-state index contributed by atoms with van der Waals surface area (Å²) in [4.78, 5) is 2.08. The van der Waals surface area contributed by atoms with E-state index >= 15 is 0 Å². The molecule has 1 heterocycles. The summed E-state index contributed by atoms with van der Waals surface area (Å²) in [6.45, 7) is 3.25. The molecule has 27 heavy (non-hydrogen) atoms. The van der Waals surface area contributed by atoms with E-state index in [1.807, 2.05) is 14.0 Å². The summed E-state index contributed by atoms with van der Waals surface area (Å²) in [5, 5.41) is 11.8. The summed E-state index contributed by atoms with van der Waals surface area (Å²) < 4.78 is 46.5. The molecule has 2 aromatic carbocycles. The van der Waals surface area contributed by atoms with Crippen LogP contribution in [0.3, 0.4) is 0 Å². The lowest BCUT2D eigenvalue weighted by Gasteiger charge is -2.56. The van der Waals surface area contributed by atoms with Crippen LogP contribution < -0.4 is 9.47 Å². The molecule has 0 aliphatic carbocycles. The molecule has 1 atom stereocenters. The Kier molecular flexibility index (Phi) is 4.86. The number of aliphatic hydroxyl groups is 1. The lowest BCUT2D eigenvalue weighted by Crippen LogP contribution is -2.63. The third-order valence-corrected chi connectivity index (χ3v) is 5.10. The van der Waals surface area contributed by atoms with E-state index in [-0.39, 0.29) is 5.75 Å². The SMILES string of the molecule is COc1cccc(C(O)(c2ccc(OC(F)(F)F)cc2)C2(C)CN(C)C2)c1. The molecule has 7 heteroatoms. The molecule has 1 fully saturated rings. The topological polar surface area (TPSA) is 41.9 Å². The number of benzene rings is 2. The van der Waals surface area contributed by atoms with Gasteiger partial charge in [0.15, 0.2) is 0 Å². The standard InChI is InChI=1S/C20H22F3NO3/c1-18(12-24(2)13-18)19(25,15-5-4-6-17(11-15)26-3)14-7-9-16(10-8-14)27-20(21,22)23/h4-11,25H,12-13H2,1-3H3. The molecule has 2 aromatic rings. The zero-order chi connectivity index (χ0) is 19.9. The first-order valence-electron chi connectivity index (χ1n) is 8.49. The summed E-state index contributed by atoms with van der Waals surface area (Å²) in [6.07, 6.45) is -4.76. The van der Waals surface area contributed by atoms with Crippen LogP contribution in [0.5, 0.6) is 11.5 Å². The molecule has 1 unspecified atom stereocenters. The zero-order valence-electron chi connectivity index (χ0n) is 15.4. The van der Waals surface area contributed by atoms with Crippen molar-refractivity contribution in [3.05, 3.63) is 59.7 Å². The quantitative estimate of drug-likeness (QED) is 0.856. The highest BCUT2D eigenvalue weighted by Gasteiger charge is 2.55. The number of likely N-dealkylation sites (tertiary alicyclic amines) is 1. The van der Waals surface area contributed by atoms with Gasteiger partial charge in [-0.15, -0.1) is 13.2 Å². The van der Waals surface area contributed by atoms with Crippen molar-refractivity contribution < 1.29 is 27.8 Å². The summed E-state index contributed by atoms with van der Waals surface area (Å²) in [6, 6.07) is 12.5. The van der Waals surface area contributed by atoms with Crippen molar-refractivity contribution in [2.24, 2.45) is 5.41 Å². The van der Waals surface area contributed by atoms with Gasteiger partial charge in [0.25, 0.3) is 0 Å². The second-order valence-electron chi connectivity index (χ2n) is 7.25. The van der Waals surface area contributed by atoms with E-state index in [0.717, 1.165) is 0 Å². The second kappa shape index (κ2) is 6.73. The molecular formula is C20H22F3NO3. The van der Waals surface area contributed by atoms with Crippen LogP contribution >= 0.6 is 0 Å². The van der Waals surface area contributed by atoms with Gasteiger partial charge in [-0.1, -0.05) is 31.2 Å². The summed E-state index contributed by atoms with van der Waals surface area (Å²) in [5.41, 5.74) is -0.784. The van der Waals surface area contributed by atoms with Gasteiger partial charge in [0.2, 0.25) is 0 Å². The number of halogens is 3. The van der Waals surface area contributed by atoms with Gasteiger partial charge >= 0.3 is 6.36 Å². The minimum Gasteiger partial charge on any atom is -0.497 e. The third-order valence-electron chi connectivity index (χ3n) is 5.10. The second-order valence-corrected chi connectivity index (χ2v) is 7.25. The monoisotopic (exact) mass is 381 g/mol. The fourth-order valence-corrected chi connectivity index (χ4v) is 3.98. The highest BCUT2D eigenvalue weighted by molar-refractivity contribution is 5.44. The molecule has 1 aliphatic heterocycles. The number of ether oxygens (including phenoxy) is 2. The normalized spacial score (nSPS) is 19.1. The van der Waals surface area contributed by atoms with Crippen LogP contribution in [0.2, 0.25) is 0 Å². The number of methoxy groups -OCH3 is 1. The first kappa shape index (κ1) is 19.5. The Labute approximate surface area is 156 Å². The van der Waals surface area contributed by atoms with Gasteiger partial charge in [-0.25, -0.2) is 0 Å². The molecule has 0 radical (unpaired) electrons. The Morgan fingerprint density at radius 1 is 1.00 bits per heavy atom. The van der Waals surface area contributed by atoms with Crippen molar-refractivity contribution in [1.82, 2.24) is 4.90 Å². The number of rotatable bonds is 5. The molecule has 1 N–H and O–H groups in total. The number of alkyl halides is 3. The zero-order valence-corrected chi connectivity index (χ0v) is 15.4. The lowest BCUT2D eigenvalue weighted by molar-refractivity contribution is -0.274. The van der Waals surface area contributed by atoms with E-state index in [9.17, 15) is 18.3 Å². The molecule has 1 saturated heterocycles. The summed E-state index contributed by atoms with van der Waals surface area (Å²) in [5.74, 6) is 0.273. The molecule has 0 aromatic heterocycles. The van der Waals surface area contributed by atoms with E-state index in [1.54, 1.807) is 31.4 Å². The van der Waals surface area contributed by atoms with E-state index in [2.05, 4.69) is 9.64 Å². The predicted octanol–water partition coefficient (Wildman–Crippen LogP) is 3.78. The van der Waals surface area contributed by atoms with Crippen LogP contribution in [-0.4, -0.2) is 43.6 Å². The Balaban J connectivity index is 2.05. The number of hydrogen-bond acceptors (Lipinski definition) is 4. The highest BCUT2D eigenvalue weighted by Crippen LogP contribution is 2.50. The van der Waals surface area contributed by atoms with Gasteiger partial charge in [-0.2, -0.15) is 0 Å². The molecule has 146 valence electrons. The number of nitrogens with zero attached hydrogens (tertiary/aromatic N) is 1. The largest absolute Gasteiger partial charge is 0.573 e. The number of hydrogen-bond donors (Lipinski definition) is 1. The van der Waals surface area contributed by atoms with Gasteiger partial charge in [0.1, 0.15) is 17.1 Å². The van der Waals surface area contributed by atoms with E-state index in [0.29, 0.717) is 30.0 Å². The fourth-order valence-electron chi connectivity index (χ4n) is 3.98. The van der Waals surface area contributed by atoms with Crippen molar-refractivity contribution >= 4 is 0 Å². The molecule has 0 bridgehead atoms. The first-order chi connectivity index (χ1) is 12.6. The van der Waals surface area contributed by atoms with Crippen molar-refractivity contribution in [3.8, 4) is 11.5 Å². The summed E-state index contributed by atoms with van der Waals surface area (Å²) >= 11 is 0. The van der Waals surface area contributed by atoms with Crippen LogP contribution in [-0.2, 0) is 5.60 Å². The molecule has 3 rings (SSSR count). The summed E-state index contributed by atoms with van der Waals surface area (Å²) in [7, 11) is 3.49. The van der Waals surface area contributed by atoms with E-state index in [1.165, 1.54) is 24.3 Å². The van der Waals surface area contributed by atoms with Crippen molar-refractivity contribution in [2.45, 2.75) is 18.9 Å². The molecule has 0 saturated carbocycles. The third kappa shape index (κ3) is 3.61. The molecule has 1 aliphatic rings. The Bertz CT molecular complexity index is 801. The van der Waals surface area contributed by atoms with E-state index in [4.69, 9.17) is 4.74 Å². The van der Waals surface area contributed by atoms with Crippen LogP contribution in [0.15, 0.2) is 48.5 Å².